The van der Waals surface area contributed by atoms with Crippen LogP contribution in [0.2, 0.25) is 0 Å². The van der Waals surface area contributed by atoms with Crippen molar-refractivity contribution in [3.05, 3.63) is 59.8 Å². The molecule has 1 nitrogen and oxygen atoms in total. The third-order valence-electron chi connectivity index (χ3n) is 2.43. The first-order valence-corrected chi connectivity index (χ1v) is 6.74. The van der Waals surface area contributed by atoms with E-state index >= 15 is 0 Å². The fourth-order valence-corrected chi connectivity index (χ4v) is 2.53. The molecule has 0 amide bonds. The summed E-state index contributed by atoms with van der Waals surface area (Å²) < 4.78 is 0.867. The molecule has 17 heavy (non-hydrogen) atoms. The van der Waals surface area contributed by atoms with E-state index in [1.807, 2.05) is 18.2 Å². The van der Waals surface area contributed by atoms with E-state index in [-0.39, 0.29) is 0 Å². The van der Waals surface area contributed by atoms with Gasteiger partial charge in [-0.15, -0.1) is 0 Å². The molecule has 1 aromatic heterocycles. The zero-order valence-electron chi connectivity index (χ0n) is 9.59. The fourth-order valence-electron chi connectivity index (χ4n) is 1.44. The number of hydrogen-bond acceptors (Lipinski definition) is 3. The number of hydrogen-bond donors (Lipinski definition) is 0. The van der Waals surface area contributed by atoms with E-state index in [4.69, 9.17) is 12.2 Å². The average molecular weight is 259 g/mol. The SMILES string of the molecule is CCc1ccc(C(=S)Sc2ccccn2)cc1. The first-order valence-electron chi connectivity index (χ1n) is 5.51. The summed E-state index contributed by atoms with van der Waals surface area (Å²) in [4.78, 5) is 4.25. The fraction of sp³-hybridized carbons (Fsp3) is 0.143. The maximum Gasteiger partial charge on any atom is 0.102 e. The Bertz CT molecular complexity index is 491. The molecule has 0 aliphatic carbocycles. The molecular formula is C14H13NS2. The molecule has 1 aromatic carbocycles. The molecule has 0 bridgehead atoms. The largest absolute Gasteiger partial charge is 0.250 e. The van der Waals surface area contributed by atoms with Gasteiger partial charge in [-0.2, -0.15) is 0 Å². The topological polar surface area (TPSA) is 12.9 Å². The number of rotatable bonds is 3. The molecule has 1 heterocycles. The molecule has 0 radical (unpaired) electrons. The first-order chi connectivity index (χ1) is 8.29. The number of aryl methyl sites for hydroxylation is 1. The molecule has 0 unspecified atom stereocenters. The molecule has 2 rings (SSSR count). The summed E-state index contributed by atoms with van der Waals surface area (Å²) in [5.74, 6) is 0. The van der Waals surface area contributed by atoms with Crippen LogP contribution >= 0.6 is 24.0 Å². The van der Waals surface area contributed by atoms with E-state index in [0.717, 1.165) is 21.2 Å². The lowest BCUT2D eigenvalue weighted by Crippen LogP contribution is -1.93. The smallest absolute Gasteiger partial charge is 0.102 e. The highest BCUT2D eigenvalue weighted by molar-refractivity contribution is 8.23. The summed E-state index contributed by atoms with van der Waals surface area (Å²) in [7, 11) is 0. The van der Waals surface area contributed by atoms with Crippen molar-refractivity contribution in [2.75, 3.05) is 0 Å². The number of aromatic nitrogens is 1. The van der Waals surface area contributed by atoms with E-state index in [1.165, 1.54) is 17.3 Å². The Hall–Kier alpha value is -1.19. The maximum atomic E-state index is 5.41. The Morgan fingerprint density at radius 2 is 1.94 bits per heavy atom. The van der Waals surface area contributed by atoms with Gasteiger partial charge >= 0.3 is 0 Å². The molecular weight excluding hydrogens is 246 g/mol. The molecule has 0 fully saturated rings. The number of nitrogens with zero attached hydrogens (tertiary/aromatic N) is 1. The molecule has 0 N–H and O–H groups in total. The Balaban J connectivity index is 2.09. The van der Waals surface area contributed by atoms with Gasteiger partial charge in [0.25, 0.3) is 0 Å². The predicted molar refractivity (Wildman–Crippen MR) is 77.6 cm³/mol. The molecule has 0 saturated heterocycles. The van der Waals surface area contributed by atoms with Crippen molar-refractivity contribution in [2.24, 2.45) is 0 Å². The Morgan fingerprint density at radius 3 is 2.53 bits per heavy atom. The van der Waals surface area contributed by atoms with E-state index in [9.17, 15) is 0 Å². The summed E-state index contributed by atoms with van der Waals surface area (Å²) in [6, 6.07) is 14.3. The van der Waals surface area contributed by atoms with Crippen molar-refractivity contribution in [3.63, 3.8) is 0 Å². The lowest BCUT2D eigenvalue weighted by atomic mass is 10.1. The second-order valence-electron chi connectivity index (χ2n) is 3.61. The lowest BCUT2D eigenvalue weighted by Gasteiger charge is -2.04. The van der Waals surface area contributed by atoms with Crippen LogP contribution < -0.4 is 0 Å². The molecule has 0 spiro atoms. The number of benzene rings is 1. The predicted octanol–water partition coefficient (Wildman–Crippen LogP) is 4.11. The first kappa shape index (κ1) is 12.3. The average Bonchev–Trinajstić information content (AvgIpc) is 2.40. The third kappa shape index (κ3) is 3.38. The minimum atomic E-state index is 0.867. The van der Waals surface area contributed by atoms with Crippen LogP contribution in [-0.4, -0.2) is 9.18 Å². The zero-order chi connectivity index (χ0) is 12.1. The van der Waals surface area contributed by atoms with Gasteiger partial charge in [-0.25, -0.2) is 4.98 Å². The number of thiocarbonyl (C=S) groups is 1. The van der Waals surface area contributed by atoms with Crippen molar-refractivity contribution < 1.29 is 0 Å². The minimum absolute atomic E-state index is 0.867. The van der Waals surface area contributed by atoms with Gasteiger partial charge in [-0.1, -0.05) is 61.2 Å². The van der Waals surface area contributed by atoms with Crippen LogP contribution in [0.3, 0.4) is 0 Å². The van der Waals surface area contributed by atoms with Gasteiger partial charge < -0.3 is 0 Å². The van der Waals surface area contributed by atoms with Crippen molar-refractivity contribution in [2.45, 2.75) is 18.4 Å². The Morgan fingerprint density at radius 1 is 1.18 bits per heavy atom. The van der Waals surface area contributed by atoms with Crippen molar-refractivity contribution >= 4 is 28.2 Å². The quantitative estimate of drug-likeness (QED) is 0.608. The normalized spacial score (nSPS) is 10.2. The molecule has 0 aliphatic rings. The number of pyridine rings is 1. The maximum absolute atomic E-state index is 5.41. The van der Waals surface area contributed by atoms with Gasteiger partial charge in [0.05, 0.1) is 4.20 Å². The molecule has 86 valence electrons. The van der Waals surface area contributed by atoms with Crippen LogP contribution in [0.1, 0.15) is 18.1 Å². The highest BCUT2D eigenvalue weighted by atomic mass is 32.2. The monoisotopic (exact) mass is 259 g/mol. The van der Waals surface area contributed by atoms with Crippen LogP contribution in [-0.2, 0) is 6.42 Å². The van der Waals surface area contributed by atoms with Crippen molar-refractivity contribution in [1.82, 2.24) is 4.98 Å². The van der Waals surface area contributed by atoms with Crippen molar-refractivity contribution in [1.29, 1.82) is 0 Å². The second kappa shape index (κ2) is 5.94. The third-order valence-corrected chi connectivity index (χ3v) is 3.79. The molecule has 0 aliphatic heterocycles. The van der Waals surface area contributed by atoms with Gasteiger partial charge in [-0.3, -0.25) is 0 Å². The minimum Gasteiger partial charge on any atom is -0.250 e. The lowest BCUT2D eigenvalue weighted by molar-refractivity contribution is 1.14. The van der Waals surface area contributed by atoms with E-state index < -0.39 is 0 Å². The highest BCUT2D eigenvalue weighted by Gasteiger charge is 2.04. The van der Waals surface area contributed by atoms with Crippen LogP contribution in [0, 0.1) is 0 Å². The molecule has 0 atom stereocenters. The second-order valence-corrected chi connectivity index (χ2v) is 5.31. The van der Waals surface area contributed by atoms with Crippen LogP contribution in [0.25, 0.3) is 0 Å². The molecule has 0 saturated carbocycles. The van der Waals surface area contributed by atoms with Gasteiger partial charge in [0, 0.05) is 6.20 Å². The molecule has 2 aromatic rings. The van der Waals surface area contributed by atoms with E-state index in [1.54, 1.807) is 6.20 Å². The van der Waals surface area contributed by atoms with E-state index in [0.29, 0.717) is 0 Å². The standard InChI is InChI=1S/C14H13NS2/c1-2-11-6-8-12(9-7-11)14(16)17-13-5-3-4-10-15-13/h3-10H,2H2,1H3. The summed E-state index contributed by atoms with van der Waals surface area (Å²) >= 11 is 6.94. The van der Waals surface area contributed by atoms with Crippen LogP contribution in [0.5, 0.6) is 0 Å². The zero-order valence-corrected chi connectivity index (χ0v) is 11.2. The summed E-state index contributed by atoms with van der Waals surface area (Å²) in [5, 5.41) is 0.942. The van der Waals surface area contributed by atoms with Gasteiger partial charge in [0.15, 0.2) is 0 Å². The highest BCUT2D eigenvalue weighted by Crippen LogP contribution is 2.21. The molecule has 3 heteroatoms. The van der Waals surface area contributed by atoms with Gasteiger partial charge in [0.2, 0.25) is 0 Å². The van der Waals surface area contributed by atoms with E-state index in [2.05, 4.69) is 36.2 Å². The summed E-state index contributed by atoms with van der Waals surface area (Å²) in [6.07, 6.45) is 2.84. The van der Waals surface area contributed by atoms with Crippen LogP contribution in [0.15, 0.2) is 53.7 Å². The van der Waals surface area contributed by atoms with Gasteiger partial charge in [-0.05, 0) is 29.7 Å². The van der Waals surface area contributed by atoms with Crippen molar-refractivity contribution in [3.8, 4) is 0 Å². The summed E-state index contributed by atoms with van der Waals surface area (Å²) in [5.41, 5.74) is 2.42. The van der Waals surface area contributed by atoms with Gasteiger partial charge in [0.1, 0.15) is 5.03 Å². The number of thioether (sulfide) groups is 1. The Kier molecular flexibility index (Phi) is 4.29. The Labute approximate surface area is 111 Å². The van der Waals surface area contributed by atoms with Crippen LogP contribution in [0.4, 0.5) is 0 Å². The summed E-state index contributed by atoms with van der Waals surface area (Å²) in [6.45, 7) is 2.15.